The number of hydrogen-bond donors (Lipinski definition) is 1. The number of rotatable bonds is 4. The van der Waals surface area contributed by atoms with Gasteiger partial charge in [-0.3, -0.25) is 4.90 Å². The van der Waals surface area contributed by atoms with Crippen molar-refractivity contribution in [2.45, 2.75) is 24.8 Å². The van der Waals surface area contributed by atoms with Crippen molar-refractivity contribution in [1.82, 2.24) is 4.90 Å². The molecule has 5 heteroatoms. The van der Waals surface area contributed by atoms with E-state index < -0.39 is 12.5 Å². The average Bonchev–Trinajstić information content (AvgIpc) is 2.19. The first-order valence-electron chi connectivity index (χ1n) is 4.91. The van der Waals surface area contributed by atoms with Gasteiger partial charge in [-0.05, 0) is 31.4 Å². The van der Waals surface area contributed by atoms with Crippen molar-refractivity contribution in [2.75, 3.05) is 31.6 Å². The van der Waals surface area contributed by atoms with Crippen molar-refractivity contribution >= 4 is 11.8 Å². The second kappa shape index (κ2) is 5.28. The first-order chi connectivity index (χ1) is 6.55. The summed E-state index contributed by atoms with van der Waals surface area (Å²) >= 11 is 1.90. The van der Waals surface area contributed by atoms with Crippen molar-refractivity contribution in [3.8, 4) is 0 Å². The summed E-state index contributed by atoms with van der Waals surface area (Å²) in [6.45, 7) is -0.766. The maximum Gasteiger partial charge on any atom is 0.272 e. The Hall–Kier alpha value is 0.130. The van der Waals surface area contributed by atoms with E-state index in [0.29, 0.717) is 6.04 Å². The number of nitrogens with zero attached hydrogens (tertiary/aromatic N) is 1. The van der Waals surface area contributed by atoms with Crippen LogP contribution in [0.15, 0.2) is 0 Å². The predicted octanol–water partition coefficient (Wildman–Crippen LogP) is 1.41. The van der Waals surface area contributed by atoms with E-state index in [1.807, 2.05) is 11.8 Å². The molecule has 0 unspecified atom stereocenters. The van der Waals surface area contributed by atoms with Crippen LogP contribution in [0.3, 0.4) is 0 Å². The summed E-state index contributed by atoms with van der Waals surface area (Å²) in [5.74, 6) is -0.564. The van der Waals surface area contributed by atoms with Crippen LogP contribution in [-0.2, 0) is 0 Å². The summed E-state index contributed by atoms with van der Waals surface area (Å²) in [5.41, 5.74) is 5.00. The van der Waals surface area contributed by atoms with Gasteiger partial charge in [0, 0.05) is 6.04 Å². The topological polar surface area (TPSA) is 29.3 Å². The van der Waals surface area contributed by atoms with Gasteiger partial charge >= 0.3 is 0 Å². The molecule has 1 aliphatic rings. The molecule has 1 aliphatic heterocycles. The van der Waals surface area contributed by atoms with E-state index in [1.165, 1.54) is 0 Å². The first kappa shape index (κ1) is 12.2. The Kier molecular flexibility index (Phi) is 4.60. The molecule has 1 rings (SSSR count). The highest BCUT2D eigenvalue weighted by atomic mass is 32.2. The van der Waals surface area contributed by atoms with Gasteiger partial charge < -0.3 is 5.73 Å². The van der Waals surface area contributed by atoms with Crippen molar-refractivity contribution in [3.63, 3.8) is 0 Å². The fourth-order valence-electron chi connectivity index (χ4n) is 1.68. The van der Waals surface area contributed by atoms with E-state index in [0.717, 1.165) is 24.3 Å². The van der Waals surface area contributed by atoms with Crippen LogP contribution in [0.5, 0.6) is 0 Å². The van der Waals surface area contributed by atoms with Gasteiger partial charge in [-0.15, -0.1) is 0 Å². The Labute approximate surface area is 88.2 Å². The molecule has 0 atom stereocenters. The Balaban J connectivity index is 2.36. The molecule has 0 bridgehead atoms. The zero-order chi connectivity index (χ0) is 10.6. The lowest BCUT2D eigenvalue weighted by Gasteiger charge is -2.33. The highest BCUT2D eigenvalue weighted by Gasteiger charge is 2.31. The van der Waals surface area contributed by atoms with Crippen LogP contribution in [0.2, 0.25) is 0 Å². The van der Waals surface area contributed by atoms with Crippen molar-refractivity contribution < 1.29 is 8.78 Å². The number of halogens is 2. The first-order valence-corrected chi connectivity index (χ1v) is 6.06. The van der Waals surface area contributed by atoms with Crippen LogP contribution >= 0.6 is 11.8 Å². The molecule has 0 radical (unpaired) electrons. The Morgan fingerprint density at radius 2 is 2.00 bits per heavy atom. The Morgan fingerprint density at radius 3 is 2.50 bits per heavy atom. The van der Waals surface area contributed by atoms with Gasteiger partial charge in [-0.2, -0.15) is 11.8 Å². The third kappa shape index (κ3) is 3.71. The van der Waals surface area contributed by atoms with E-state index in [4.69, 9.17) is 5.73 Å². The van der Waals surface area contributed by atoms with E-state index in [9.17, 15) is 8.78 Å². The molecule has 0 aromatic carbocycles. The number of nitrogens with two attached hydrogens (primary N) is 1. The van der Waals surface area contributed by atoms with Gasteiger partial charge in [0.2, 0.25) is 0 Å². The van der Waals surface area contributed by atoms with Gasteiger partial charge in [0.15, 0.2) is 0 Å². The molecule has 2 N–H and O–H groups in total. The molecule has 1 heterocycles. The van der Waals surface area contributed by atoms with Gasteiger partial charge in [0.1, 0.15) is 0 Å². The molecule has 0 aromatic heterocycles. The van der Waals surface area contributed by atoms with E-state index in [1.54, 1.807) is 11.9 Å². The predicted molar refractivity (Wildman–Crippen MR) is 57.0 cm³/mol. The number of thioether (sulfide) groups is 1. The molecular weight excluding hydrogens is 206 g/mol. The van der Waals surface area contributed by atoms with E-state index in [2.05, 4.69) is 0 Å². The maximum atomic E-state index is 13.0. The lowest BCUT2D eigenvalue weighted by Crippen LogP contribution is -2.45. The lowest BCUT2D eigenvalue weighted by molar-refractivity contribution is -0.0275. The summed E-state index contributed by atoms with van der Waals surface area (Å²) in [5, 5.41) is 0. The number of alkyl halides is 2. The van der Waals surface area contributed by atoms with Crippen LogP contribution in [0.25, 0.3) is 0 Å². The highest BCUT2D eigenvalue weighted by Crippen LogP contribution is 2.23. The van der Waals surface area contributed by atoms with Crippen LogP contribution in [0.4, 0.5) is 8.78 Å². The smallest absolute Gasteiger partial charge is 0.272 e. The van der Waals surface area contributed by atoms with Gasteiger partial charge in [0.25, 0.3) is 5.92 Å². The van der Waals surface area contributed by atoms with Gasteiger partial charge in [-0.1, -0.05) is 0 Å². The second-order valence-electron chi connectivity index (χ2n) is 3.82. The quantitative estimate of drug-likeness (QED) is 0.783. The van der Waals surface area contributed by atoms with Crippen LogP contribution in [-0.4, -0.2) is 48.5 Å². The fraction of sp³-hybridized carbons (Fsp3) is 1.00. The molecule has 0 aliphatic carbocycles. The summed E-state index contributed by atoms with van der Waals surface area (Å²) < 4.78 is 26.0. The second-order valence-corrected chi connectivity index (χ2v) is 5.04. The summed E-state index contributed by atoms with van der Waals surface area (Å²) in [6.07, 6.45) is 2.03. The third-order valence-corrected chi connectivity index (χ3v) is 3.64. The maximum absolute atomic E-state index is 13.0. The minimum absolute atomic E-state index is 0.209. The molecule has 84 valence electrons. The van der Waals surface area contributed by atoms with E-state index in [-0.39, 0.29) is 6.54 Å². The zero-order valence-electron chi connectivity index (χ0n) is 8.51. The average molecular weight is 224 g/mol. The molecule has 2 nitrogen and oxygen atoms in total. The van der Waals surface area contributed by atoms with Crippen LogP contribution in [0.1, 0.15) is 12.8 Å². The molecular formula is C9H18F2N2S. The third-order valence-electron chi connectivity index (χ3n) is 2.59. The molecule has 14 heavy (non-hydrogen) atoms. The van der Waals surface area contributed by atoms with Crippen LogP contribution < -0.4 is 5.73 Å². The van der Waals surface area contributed by atoms with Gasteiger partial charge in [-0.25, -0.2) is 8.78 Å². The summed E-state index contributed by atoms with van der Waals surface area (Å²) in [6, 6.07) is 0.314. The van der Waals surface area contributed by atoms with E-state index >= 15 is 0 Å². The molecule has 0 spiro atoms. The summed E-state index contributed by atoms with van der Waals surface area (Å²) in [7, 11) is 1.77. The van der Waals surface area contributed by atoms with Crippen molar-refractivity contribution in [2.24, 2.45) is 5.73 Å². The fourth-order valence-corrected chi connectivity index (χ4v) is 2.77. The molecule has 0 amide bonds. The normalized spacial score (nSPS) is 20.4. The number of hydrogen-bond acceptors (Lipinski definition) is 3. The monoisotopic (exact) mass is 224 g/mol. The molecule has 0 aromatic rings. The minimum Gasteiger partial charge on any atom is -0.325 e. The van der Waals surface area contributed by atoms with Gasteiger partial charge in [0.05, 0.1) is 13.1 Å². The van der Waals surface area contributed by atoms with Crippen molar-refractivity contribution in [1.29, 1.82) is 0 Å². The molecule has 1 fully saturated rings. The minimum atomic E-state index is -2.74. The molecule has 1 saturated heterocycles. The standard InChI is InChI=1S/C9H18F2N2S/c1-13(7-9(10,11)6-12)8-2-4-14-5-3-8/h8H,2-7,12H2,1H3. The Bertz CT molecular complexity index is 172. The van der Waals surface area contributed by atoms with Crippen molar-refractivity contribution in [3.05, 3.63) is 0 Å². The van der Waals surface area contributed by atoms with Crippen LogP contribution in [0, 0.1) is 0 Å². The SMILES string of the molecule is CN(CC(F)(F)CN)C1CCSCC1. The largest absolute Gasteiger partial charge is 0.325 e. The molecule has 0 saturated carbocycles. The lowest BCUT2D eigenvalue weighted by atomic mass is 10.1. The zero-order valence-corrected chi connectivity index (χ0v) is 9.33. The summed E-state index contributed by atoms with van der Waals surface area (Å²) in [4.78, 5) is 1.76. The Morgan fingerprint density at radius 1 is 1.43 bits per heavy atom. The highest BCUT2D eigenvalue weighted by molar-refractivity contribution is 7.99.